The van der Waals surface area contributed by atoms with Crippen LogP contribution in [0.3, 0.4) is 0 Å². The van der Waals surface area contributed by atoms with E-state index in [9.17, 15) is 9.59 Å². The number of hydrogen-bond acceptors (Lipinski definition) is 3. The first-order chi connectivity index (χ1) is 16.3. The fraction of sp³-hybridized carbons (Fsp3) is 0.310. The van der Waals surface area contributed by atoms with E-state index in [1.54, 1.807) is 12.1 Å². The van der Waals surface area contributed by atoms with Crippen LogP contribution in [0.5, 0.6) is 0 Å². The number of nitrogens with two attached hydrogens (primary N) is 1. The van der Waals surface area contributed by atoms with E-state index in [0.717, 1.165) is 30.8 Å². The number of anilines is 1. The quantitative estimate of drug-likeness (QED) is 0.416. The second kappa shape index (κ2) is 11.6. The maximum absolute atomic E-state index is 13.0. The van der Waals surface area contributed by atoms with Gasteiger partial charge in [0.25, 0.3) is 5.91 Å². The zero-order chi connectivity index (χ0) is 24.7. The van der Waals surface area contributed by atoms with Crippen molar-refractivity contribution in [2.75, 3.05) is 18.4 Å². The first-order valence-electron chi connectivity index (χ1n) is 12.0. The van der Waals surface area contributed by atoms with Crippen LogP contribution in [-0.4, -0.2) is 29.8 Å². The molecule has 0 spiro atoms. The lowest BCUT2D eigenvalue weighted by molar-refractivity contribution is 0.0995. The van der Waals surface area contributed by atoms with Crippen molar-refractivity contribution < 1.29 is 9.59 Å². The highest BCUT2D eigenvalue weighted by Crippen LogP contribution is 2.26. The minimum Gasteiger partial charge on any atom is -0.366 e. The number of carbonyl (C=O) groups excluding carboxylic acids is 2. The van der Waals surface area contributed by atoms with Gasteiger partial charge in [-0.3, -0.25) is 14.5 Å². The number of primary amides is 1. The van der Waals surface area contributed by atoms with Crippen molar-refractivity contribution in [3.8, 4) is 0 Å². The fourth-order valence-corrected chi connectivity index (χ4v) is 4.10. The van der Waals surface area contributed by atoms with Gasteiger partial charge in [-0.1, -0.05) is 70.2 Å². The second-order valence-electron chi connectivity index (χ2n) is 8.83. The predicted octanol–water partition coefficient (Wildman–Crippen LogP) is 5.59. The molecule has 0 saturated heterocycles. The molecule has 0 aliphatic heterocycles. The minimum absolute atomic E-state index is 0.213. The maximum Gasteiger partial charge on any atom is 0.255 e. The molecule has 3 N–H and O–H groups in total. The van der Waals surface area contributed by atoms with Crippen molar-refractivity contribution in [1.82, 2.24) is 4.90 Å². The summed E-state index contributed by atoms with van der Waals surface area (Å²) in [5.41, 5.74) is 11.5. The van der Waals surface area contributed by atoms with Crippen LogP contribution < -0.4 is 11.1 Å². The van der Waals surface area contributed by atoms with Gasteiger partial charge in [-0.2, -0.15) is 0 Å². The fourth-order valence-electron chi connectivity index (χ4n) is 4.10. The summed E-state index contributed by atoms with van der Waals surface area (Å²) in [4.78, 5) is 27.7. The zero-order valence-corrected chi connectivity index (χ0v) is 20.6. The van der Waals surface area contributed by atoms with Crippen LogP contribution in [0.4, 0.5) is 5.69 Å². The molecule has 0 atom stereocenters. The van der Waals surface area contributed by atoms with Gasteiger partial charge in [0.05, 0.1) is 0 Å². The Hall–Kier alpha value is -3.44. The summed E-state index contributed by atoms with van der Waals surface area (Å²) in [5, 5.41) is 3.02. The molecule has 0 radical (unpaired) electrons. The van der Waals surface area contributed by atoms with Crippen LogP contribution in [-0.2, 0) is 13.0 Å². The number of carbonyl (C=O) groups is 2. The molecule has 0 fully saturated rings. The van der Waals surface area contributed by atoms with E-state index < -0.39 is 5.91 Å². The van der Waals surface area contributed by atoms with Crippen molar-refractivity contribution in [3.63, 3.8) is 0 Å². The summed E-state index contributed by atoms with van der Waals surface area (Å²) in [6.45, 7) is 11.3. The SMILES string of the molecule is CCN(CC)Cc1ccccc1Cc1c(NC(=O)c2ccc(C(C)C)cc2)cccc1C(N)=O. The summed E-state index contributed by atoms with van der Waals surface area (Å²) in [7, 11) is 0. The third-order valence-corrected chi connectivity index (χ3v) is 6.30. The number of benzene rings is 3. The third-order valence-electron chi connectivity index (χ3n) is 6.30. The van der Waals surface area contributed by atoms with Gasteiger partial charge in [0, 0.05) is 29.8 Å². The Balaban J connectivity index is 1.94. The maximum atomic E-state index is 13.0. The average molecular weight is 458 g/mol. The van der Waals surface area contributed by atoms with E-state index >= 15 is 0 Å². The topological polar surface area (TPSA) is 75.4 Å². The van der Waals surface area contributed by atoms with E-state index in [4.69, 9.17) is 5.73 Å². The Morgan fingerprint density at radius 1 is 0.882 bits per heavy atom. The van der Waals surface area contributed by atoms with Gasteiger partial charge in [0.15, 0.2) is 0 Å². The van der Waals surface area contributed by atoms with Gasteiger partial charge in [-0.15, -0.1) is 0 Å². The molecule has 0 aliphatic carbocycles. The highest BCUT2D eigenvalue weighted by atomic mass is 16.2. The molecule has 0 aromatic heterocycles. The summed E-state index contributed by atoms with van der Waals surface area (Å²) < 4.78 is 0. The lowest BCUT2D eigenvalue weighted by atomic mass is 9.94. The van der Waals surface area contributed by atoms with Gasteiger partial charge in [-0.25, -0.2) is 0 Å². The Bertz CT molecular complexity index is 1130. The highest BCUT2D eigenvalue weighted by Gasteiger charge is 2.17. The molecule has 0 unspecified atom stereocenters. The number of nitrogens with zero attached hydrogens (tertiary/aromatic N) is 1. The van der Waals surface area contributed by atoms with Crippen LogP contribution in [0.15, 0.2) is 66.7 Å². The number of rotatable bonds is 10. The number of nitrogens with one attached hydrogen (secondary N) is 1. The molecule has 3 aromatic carbocycles. The zero-order valence-electron chi connectivity index (χ0n) is 20.6. The van der Waals surface area contributed by atoms with Gasteiger partial charge in [0.2, 0.25) is 5.91 Å². The van der Waals surface area contributed by atoms with Crippen molar-refractivity contribution >= 4 is 17.5 Å². The lowest BCUT2D eigenvalue weighted by Crippen LogP contribution is -2.23. The molecule has 178 valence electrons. The van der Waals surface area contributed by atoms with Crippen molar-refractivity contribution in [2.24, 2.45) is 5.73 Å². The summed E-state index contributed by atoms with van der Waals surface area (Å²) >= 11 is 0. The Kier molecular flexibility index (Phi) is 8.61. The molecule has 0 aliphatic rings. The van der Waals surface area contributed by atoms with Crippen LogP contribution in [0.1, 0.15) is 76.6 Å². The van der Waals surface area contributed by atoms with Gasteiger partial charge in [0.1, 0.15) is 0 Å². The monoisotopic (exact) mass is 457 g/mol. The second-order valence-corrected chi connectivity index (χ2v) is 8.83. The first kappa shape index (κ1) is 25.2. The number of hydrogen-bond donors (Lipinski definition) is 2. The standard InChI is InChI=1S/C29H35N3O2/c1-5-32(6-2)19-24-11-8-7-10-23(24)18-26-25(28(30)33)12-9-13-27(26)31-29(34)22-16-14-21(15-17-22)20(3)4/h7-17,20H,5-6,18-19H2,1-4H3,(H2,30,33)(H,31,34). The molecule has 3 rings (SSSR count). The van der Waals surface area contributed by atoms with Crippen molar-refractivity contribution in [1.29, 1.82) is 0 Å². The molecule has 0 heterocycles. The van der Waals surface area contributed by atoms with Gasteiger partial charge < -0.3 is 11.1 Å². The Morgan fingerprint density at radius 3 is 2.12 bits per heavy atom. The van der Waals surface area contributed by atoms with Gasteiger partial charge in [-0.05, 0) is 65.5 Å². The summed E-state index contributed by atoms with van der Waals surface area (Å²) in [5.74, 6) is -0.324. The van der Waals surface area contributed by atoms with E-state index in [0.29, 0.717) is 29.2 Å². The Labute approximate surface area is 203 Å². The van der Waals surface area contributed by atoms with Gasteiger partial charge >= 0.3 is 0 Å². The highest BCUT2D eigenvalue weighted by molar-refractivity contribution is 6.06. The predicted molar refractivity (Wildman–Crippen MR) is 139 cm³/mol. The van der Waals surface area contributed by atoms with Crippen molar-refractivity contribution in [2.45, 2.75) is 46.6 Å². The third kappa shape index (κ3) is 6.12. The normalized spacial score (nSPS) is 11.1. The van der Waals surface area contributed by atoms with Crippen LogP contribution >= 0.6 is 0 Å². The molecule has 0 saturated carbocycles. The number of amides is 2. The van der Waals surface area contributed by atoms with Crippen LogP contribution in [0.2, 0.25) is 0 Å². The molecule has 2 amide bonds. The molecule has 5 nitrogen and oxygen atoms in total. The van der Waals surface area contributed by atoms with E-state index in [-0.39, 0.29) is 5.91 Å². The molecule has 34 heavy (non-hydrogen) atoms. The Morgan fingerprint density at radius 2 is 1.53 bits per heavy atom. The first-order valence-corrected chi connectivity index (χ1v) is 12.0. The van der Waals surface area contributed by atoms with Crippen LogP contribution in [0, 0.1) is 0 Å². The lowest BCUT2D eigenvalue weighted by Gasteiger charge is -2.21. The molecular formula is C29H35N3O2. The molecule has 0 bridgehead atoms. The van der Waals surface area contributed by atoms with E-state index in [1.165, 1.54) is 11.1 Å². The van der Waals surface area contributed by atoms with E-state index in [2.05, 4.69) is 50.0 Å². The molecule has 5 heteroatoms. The molecule has 3 aromatic rings. The largest absolute Gasteiger partial charge is 0.366 e. The average Bonchev–Trinajstić information content (AvgIpc) is 2.84. The van der Waals surface area contributed by atoms with Crippen molar-refractivity contribution in [3.05, 3.63) is 100 Å². The van der Waals surface area contributed by atoms with Crippen LogP contribution in [0.25, 0.3) is 0 Å². The van der Waals surface area contributed by atoms with E-state index in [1.807, 2.05) is 42.5 Å². The minimum atomic E-state index is -0.506. The molecular weight excluding hydrogens is 422 g/mol. The smallest absolute Gasteiger partial charge is 0.255 e. The summed E-state index contributed by atoms with van der Waals surface area (Å²) in [6, 6.07) is 21.2. The summed E-state index contributed by atoms with van der Waals surface area (Å²) in [6.07, 6.45) is 0.498.